The Kier molecular flexibility index (Phi) is 3.94. The monoisotopic (exact) mass is 268 g/mol. The number of hydrogen-bond donors (Lipinski definition) is 1. The summed E-state index contributed by atoms with van der Waals surface area (Å²) >= 11 is 5.72. The van der Waals surface area contributed by atoms with Crippen molar-refractivity contribution >= 4 is 17.5 Å². The molecule has 0 spiro atoms. The summed E-state index contributed by atoms with van der Waals surface area (Å²) in [4.78, 5) is 11.7. The predicted molar refractivity (Wildman–Crippen MR) is 63.9 cm³/mol. The summed E-state index contributed by atoms with van der Waals surface area (Å²) in [7, 11) is 0. The fourth-order valence-corrected chi connectivity index (χ4v) is 1.50. The van der Waals surface area contributed by atoms with Crippen LogP contribution in [0, 0.1) is 0 Å². The molecule has 6 heteroatoms. The number of aromatic nitrogens is 1. The molecule has 1 N–H and O–H groups in total. The minimum atomic E-state index is -0.686. The first-order valence-corrected chi connectivity index (χ1v) is 5.61. The second-order valence-corrected chi connectivity index (χ2v) is 4.04. The van der Waals surface area contributed by atoms with Gasteiger partial charge < -0.3 is 9.84 Å². The van der Waals surface area contributed by atoms with E-state index < -0.39 is 6.67 Å². The van der Waals surface area contributed by atoms with Crippen molar-refractivity contribution in [3.63, 3.8) is 0 Å². The number of nitrogens with one attached hydrogen (secondary N) is 1. The van der Waals surface area contributed by atoms with E-state index in [0.717, 1.165) is 0 Å². The van der Waals surface area contributed by atoms with Gasteiger partial charge in [-0.3, -0.25) is 4.79 Å². The predicted octanol–water partition coefficient (Wildman–Crippen LogP) is 2.73. The number of hydrogen-bond acceptors (Lipinski definition) is 3. The molecule has 18 heavy (non-hydrogen) atoms. The largest absolute Gasteiger partial charge is 0.359 e. The number of alkyl halides is 1. The van der Waals surface area contributed by atoms with Crippen molar-refractivity contribution in [2.24, 2.45) is 0 Å². The molecule has 0 fully saturated rings. The molecule has 0 bridgehead atoms. The van der Waals surface area contributed by atoms with Crippen LogP contribution in [0.1, 0.15) is 21.8 Å². The fourth-order valence-electron chi connectivity index (χ4n) is 1.37. The molecule has 2 rings (SSSR count). The number of rotatable bonds is 4. The minimum Gasteiger partial charge on any atom is -0.359 e. The Morgan fingerprint density at radius 1 is 1.39 bits per heavy atom. The lowest BCUT2D eigenvalue weighted by Crippen LogP contribution is -2.22. The third-order valence-corrected chi connectivity index (χ3v) is 2.53. The molecular formula is C12H10ClFN2O2. The second kappa shape index (κ2) is 5.64. The van der Waals surface area contributed by atoms with E-state index in [1.807, 2.05) is 0 Å². The molecule has 1 aromatic carbocycles. The van der Waals surface area contributed by atoms with E-state index in [4.69, 9.17) is 16.1 Å². The highest BCUT2D eigenvalue weighted by atomic mass is 35.5. The molecule has 1 heterocycles. The Morgan fingerprint density at radius 2 is 2.11 bits per heavy atom. The van der Waals surface area contributed by atoms with Crippen molar-refractivity contribution in [1.82, 2.24) is 10.5 Å². The number of carbonyl (C=O) groups excluding carboxylic acids is 1. The Morgan fingerprint density at radius 3 is 2.72 bits per heavy atom. The van der Waals surface area contributed by atoms with Gasteiger partial charge >= 0.3 is 0 Å². The van der Waals surface area contributed by atoms with Crippen LogP contribution in [0.5, 0.6) is 0 Å². The standard InChI is InChI=1S/C12H10ClFN2O2/c13-9-3-1-8(2-4-9)12(17)15-7-11-5-10(6-14)16-18-11/h1-5H,6-7H2,(H,15,17). The molecule has 0 radical (unpaired) electrons. The maximum atomic E-state index is 12.2. The summed E-state index contributed by atoms with van der Waals surface area (Å²) in [5.74, 6) is 0.148. The molecule has 0 aliphatic heterocycles. The van der Waals surface area contributed by atoms with Gasteiger partial charge in [-0.1, -0.05) is 16.8 Å². The fraction of sp³-hybridized carbons (Fsp3) is 0.167. The van der Waals surface area contributed by atoms with Crippen molar-refractivity contribution in [1.29, 1.82) is 0 Å². The first kappa shape index (κ1) is 12.6. The van der Waals surface area contributed by atoms with Crippen molar-refractivity contribution in [3.05, 3.63) is 52.4 Å². The number of halogens is 2. The normalized spacial score (nSPS) is 10.3. The van der Waals surface area contributed by atoms with Crippen molar-refractivity contribution < 1.29 is 13.7 Å². The summed E-state index contributed by atoms with van der Waals surface area (Å²) in [5, 5.41) is 6.68. The highest BCUT2D eigenvalue weighted by molar-refractivity contribution is 6.30. The van der Waals surface area contributed by atoms with E-state index in [0.29, 0.717) is 16.3 Å². The maximum absolute atomic E-state index is 12.2. The summed E-state index contributed by atoms with van der Waals surface area (Å²) in [6, 6.07) is 7.95. The van der Waals surface area contributed by atoms with E-state index >= 15 is 0 Å². The van der Waals surface area contributed by atoms with Gasteiger partial charge in [-0.25, -0.2) is 4.39 Å². The Bertz CT molecular complexity index is 539. The van der Waals surface area contributed by atoms with E-state index in [-0.39, 0.29) is 18.1 Å². The van der Waals surface area contributed by atoms with Gasteiger partial charge in [0.2, 0.25) is 0 Å². The van der Waals surface area contributed by atoms with Crippen LogP contribution in [0.2, 0.25) is 5.02 Å². The first-order valence-electron chi connectivity index (χ1n) is 5.23. The lowest BCUT2D eigenvalue weighted by molar-refractivity contribution is 0.0947. The molecule has 0 atom stereocenters. The molecule has 0 saturated heterocycles. The molecule has 0 aliphatic carbocycles. The van der Waals surface area contributed by atoms with Crippen LogP contribution in [0.25, 0.3) is 0 Å². The summed E-state index contributed by atoms with van der Waals surface area (Å²) in [6.07, 6.45) is 0. The van der Waals surface area contributed by atoms with Crippen molar-refractivity contribution in [2.45, 2.75) is 13.2 Å². The van der Waals surface area contributed by atoms with Crippen LogP contribution in [0.4, 0.5) is 4.39 Å². The average molecular weight is 269 g/mol. The lowest BCUT2D eigenvalue weighted by Gasteiger charge is -2.02. The zero-order valence-corrected chi connectivity index (χ0v) is 10.1. The molecule has 2 aromatic rings. The van der Waals surface area contributed by atoms with Crippen molar-refractivity contribution in [3.8, 4) is 0 Å². The van der Waals surface area contributed by atoms with E-state index in [9.17, 15) is 9.18 Å². The van der Waals surface area contributed by atoms with Crippen LogP contribution >= 0.6 is 11.6 Å². The summed E-state index contributed by atoms with van der Waals surface area (Å²) in [6.45, 7) is -0.525. The van der Waals surface area contributed by atoms with Gasteiger partial charge in [0.15, 0.2) is 5.76 Å². The molecule has 4 nitrogen and oxygen atoms in total. The van der Waals surface area contributed by atoms with Crippen LogP contribution in [0.3, 0.4) is 0 Å². The first-order chi connectivity index (χ1) is 8.69. The zero-order valence-electron chi connectivity index (χ0n) is 9.32. The second-order valence-electron chi connectivity index (χ2n) is 3.61. The zero-order chi connectivity index (χ0) is 13.0. The van der Waals surface area contributed by atoms with Gasteiger partial charge in [0.1, 0.15) is 12.4 Å². The van der Waals surface area contributed by atoms with Gasteiger partial charge in [0, 0.05) is 16.7 Å². The van der Waals surface area contributed by atoms with Crippen LogP contribution in [-0.2, 0) is 13.2 Å². The van der Waals surface area contributed by atoms with Gasteiger partial charge in [0.25, 0.3) is 5.91 Å². The van der Waals surface area contributed by atoms with Crippen LogP contribution in [-0.4, -0.2) is 11.1 Å². The number of nitrogens with zero attached hydrogens (tertiary/aromatic N) is 1. The lowest BCUT2D eigenvalue weighted by atomic mass is 10.2. The number of benzene rings is 1. The topological polar surface area (TPSA) is 55.1 Å². The SMILES string of the molecule is O=C(NCc1cc(CF)no1)c1ccc(Cl)cc1. The number of carbonyl (C=O) groups is 1. The van der Waals surface area contributed by atoms with Gasteiger partial charge in [-0.2, -0.15) is 0 Å². The Hall–Kier alpha value is -1.88. The highest BCUT2D eigenvalue weighted by Crippen LogP contribution is 2.10. The van der Waals surface area contributed by atoms with Gasteiger partial charge in [-0.05, 0) is 24.3 Å². The number of amides is 1. The van der Waals surface area contributed by atoms with Crippen LogP contribution in [0.15, 0.2) is 34.9 Å². The summed E-state index contributed by atoms with van der Waals surface area (Å²) in [5.41, 5.74) is 0.704. The molecule has 0 aliphatic rings. The van der Waals surface area contributed by atoms with E-state index in [2.05, 4.69) is 10.5 Å². The van der Waals surface area contributed by atoms with Crippen molar-refractivity contribution in [2.75, 3.05) is 0 Å². The maximum Gasteiger partial charge on any atom is 0.251 e. The Labute approximate surface area is 108 Å². The van der Waals surface area contributed by atoms with Gasteiger partial charge in [0.05, 0.1) is 6.54 Å². The minimum absolute atomic E-state index is 0.161. The summed E-state index contributed by atoms with van der Waals surface area (Å²) < 4.78 is 17.1. The Balaban J connectivity index is 1.93. The van der Waals surface area contributed by atoms with Crippen LogP contribution < -0.4 is 5.32 Å². The third kappa shape index (κ3) is 3.07. The molecule has 0 saturated carbocycles. The molecule has 0 unspecified atom stereocenters. The molecular weight excluding hydrogens is 259 g/mol. The van der Waals surface area contributed by atoms with E-state index in [1.165, 1.54) is 6.07 Å². The quantitative estimate of drug-likeness (QED) is 0.928. The molecule has 94 valence electrons. The smallest absolute Gasteiger partial charge is 0.251 e. The average Bonchev–Trinajstić information content (AvgIpc) is 2.85. The highest BCUT2D eigenvalue weighted by Gasteiger charge is 2.08. The third-order valence-electron chi connectivity index (χ3n) is 2.27. The van der Waals surface area contributed by atoms with E-state index in [1.54, 1.807) is 24.3 Å². The molecule has 1 aromatic heterocycles. The van der Waals surface area contributed by atoms with Gasteiger partial charge in [-0.15, -0.1) is 0 Å². The molecule has 1 amide bonds.